The number of amides is 1. The predicted molar refractivity (Wildman–Crippen MR) is 215 cm³/mol. The molecule has 1 saturated heterocycles. The lowest BCUT2D eigenvalue weighted by Crippen LogP contribution is -2.55. The molecule has 14 nitrogen and oxygen atoms in total. The molecule has 0 radical (unpaired) electrons. The fourth-order valence-electron chi connectivity index (χ4n) is 6.72. The van der Waals surface area contributed by atoms with Crippen molar-refractivity contribution < 1.29 is 28.8 Å². The molecule has 0 saturated carbocycles. The van der Waals surface area contributed by atoms with E-state index in [9.17, 15) is 9.90 Å². The lowest BCUT2D eigenvalue weighted by molar-refractivity contribution is 0.0218. The number of aryl methyl sites for hydroxylation is 1. The van der Waals surface area contributed by atoms with Gasteiger partial charge in [0, 0.05) is 50.5 Å². The Morgan fingerprint density at radius 1 is 0.964 bits per heavy atom. The number of rotatable bonds is 14. The van der Waals surface area contributed by atoms with E-state index in [-0.39, 0.29) is 18.1 Å². The van der Waals surface area contributed by atoms with Gasteiger partial charge in [0.05, 0.1) is 32.7 Å². The molecule has 2 aromatic carbocycles. The van der Waals surface area contributed by atoms with Crippen LogP contribution >= 0.6 is 0 Å². The highest BCUT2D eigenvalue weighted by Gasteiger charge is 2.32. The molecule has 4 heterocycles. The van der Waals surface area contributed by atoms with Gasteiger partial charge in [-0.1, -0.05) is 37.6 Å². The van der Waals surface area contributed by atoms with E-state index in [1.165, 1.54) is 0 Å². The third kappa shape index (κ3) is 9.41. The van der Waals surface area contributed by atoms with E-state index in [0.717, 1.165) is 46.8 Å². The molecule has 1 unspecified atom stereocenters. The summed E-state index contributed by atoms with van der Waals surface area (Å²) in [4.78, 5) is 33.4. The Labute approximate surface area is 329 Å². The third-order valence-corrected chi connectivity index (χ3v) is 9.66. The molecule has 3 aromatic heterocycles. The minimum absolute atomic E-state index is 0.0111. The van der Waals surface area contributed by atoms with E-state index >= 15 is 0 Å². The van der Waals surface area contributed by atoms with Crippen molar-refractivity contribution in [2.45, 2.75) is 85.2 Å². The minimum atomic E-state index is -1.10. The summed E-state index contributed by atoms with van der Waals surface area (Å²) in [6.07, 6.45) is 3.70. The lowest BCUT2D eigenvalue weighted by atomic mass is 10.1. The summed E-state index contributed by atoms with van der Waals surface area (Å²) in [5.41, 5.74) is 3.94. The number of ether oxygens (including phenoxy) is 4. The zero-order valence-electron chi connectivity index (χ0n) is 33.7. The summed E-state index contributed by atoms with van der Waals surface area (Å²) >= 11 is 0. The molecule has 5 aromatic rings. The fourth-order valence-corrected chi connectivity index (χ4v) is 6.72. The number of benzene rings is 2. The number of nitrogens with zero attached hydrogens (tertiary/aromatic N) is 8. The van der Waals surface area contributed by atoms with Crippen molar-refractivity contribution >= 4 is 23.4 Å². The number of aliphatic hydroxyl groups is 1. The number of carbonyl (C=O) groups is 1. The maximum Gasteiger partial charge on any atom is 0.410 e. The van der Waals surface area contributed by atoms with Gasteiger partial charge < -0.3 is 38.8 Å². The molecule has 298 valence electrons. The average molecular weight is 767 g/mol. The van der Waals surface area contributed by atoms with E-state index in [4.69, 9.17) is 39.0 Å². The number of piperazine rings is 1. The van der Waals surface area contributed by atoms with Gasteiger partial charge in [0.2, 0.25) is 0 Å². The first-order valence-corrected chi connectivity index (χ1v) is 19.2. The molecule has 1 fully saturated rings. The number of aliphatic hydroxyl groups excluding tert-OH is 1. The van der Waals surface area contributed by atoms with Crippen molar-refractivity contribution in [3.05, 3.63) is 94.9 Å². The third-order valence-electron chi connectivity index (χ3n) is 9.66. The first kappa shape index (κ1) is 40.0. The normalized spacial score (nSPS) is 15.1. The predicted octanol–water partition coefficient (Wildman–Crippen LogP) is 6.76. The summed E-state index contributed by atoms with van der Waals surface area (Å²) < 4.78 is 24.2. The van der Waals surface area contributed by atoms with Crippen LogP contribution in [0.3, 0.4) is 0 Å². The topological polar surface area (TPSA) is 140 Å². The first-order valence-electron chi connectivity index (χ1n) is 19.2. The SMILES string of the molecule is CCCCOc1nc(N(Cc2ccc(OC)cc2)Cc2ccc(OC)cc2)c2ncc(C(O)c3cnc(N4CCN(C(=O)OC(C)(C)C)C[C@@H]4C)c(C)c3)n2n1. The number of hydrogen-bond acceptors (Lipinski definition) is 12. The van der Waals surface area contributed by atoms with Crippen molar-refractivity contribution in [3.63, 3.8) is 0 Å². The van der Waals surface area contributed by atoms with Crippen molar-refractivity contribution in [1.29, 1.82) is 0 Å². The van der Waals surface area contributed by atoms with E-state index < -0.39 is 11.7 Å². The largest absolute Gasteiger partial charge is 0.497 e. The Morgan fingerprint density at radius 3 is 2.16 bits per heavy atom. The number of fused-ring (bicyclic) bond motifs is 1. The standard InChI is InChI=1S/C42H54N8O6/c1-9-10-21-55-40-45-39(48(26-30-11-15-33(53-7)16-12-30)27-31-13-17-34(54-8)18-14-31)38-44-24-35(50(38)46-40)36(51)32-22-28(2)37(43-23-32)49-20-19-47(25-29(49)3)41(52)56-42(4,5)6/h11-18,22-24,29,36,51H,9-10,19-21,25-27H2,1-8H3/t29-,36?/m0/s1. The molecular weight excluding hydrogens is 713 g/mol. The lowest BCUT2D eigenvalue weighted by Gasteiger charge is -2.41. The summed E-state index contributed by atoms with van der Waals surface area (Å²) in [6.45, 7) is 14.8. The monoisotopic (exact) mass is 766 g/mol. The Morgan fingerprint density at radius 2 is 1.61 bits per heavy atom. The fraction of sp³-hybridized carbons (Fsp3) is 0.452. The van der Waals surface area contributed by atoms with Crippen molar-refractivity contribution in [2.24, 2.45) is 0 Å². The van der Waals surface area contributed by atoms with Crippen LogP contribution in [-0.2, 0) is 17.8 Å². The average Bonchev–Trinajstić information content (AvgIpc) is 3.61. The number of hydrogen-bond donors (Lipinski definition) is 1. The quantitative estimate of drug-likeness (QED) is 0.120. The second kappa shape index (κ2) is 17.4. The summed E-state index contributed by atoms with van der Waals surface area (Å²) in [7, 11) is 3.30. The van der Waals surface area contributed by atoms with E-state index in [2.05, 4.69) is 23.6 Å². The van der Waals surface area contributed by atoms with Crippen LogP contribution in [0.25, 0.3) is 5.65 Å². The number of anilines is 2. The zero-order valence-corrected chi connectivity index (χ0v) is 33.7. The highest BCUT2D eigenvalue weighted by atomic mass is 16.6. The van der Waals surface area contributed by atoms with Crippen LogP contribution in [0.5, 0.6) is 17.5 Å². The summed E-state index contributed by atoms with van der Waals surface area (Å²) in [5.74, 6) is 2.90. The van der Waals surface area contributed by atoms with Gasteiger partial charge in [-0.2, -0.15) is 4.98 Å². The van der Waals surface area contributed by atoms with Crippen LogP contribution in [0.15, 0.2) is 67.0 Å². The molecule has 0 bridgehead atoms. The van der Waals surface area contributed by atoms with Crippen LogP contribution in [0.4, 0.5) is 16.4 Å². The minimum Gasteiger partial charge on any atom is -0.497 e. The molecular formula is C42H54N8O6. The van der Waals surface area contributed by atoms with Crippen LogP contribution in [-0.4, -0.2) is 92.8 Å². The highest BCUT2D eigenvalue weighted by Crippen LogP contribution is 2.32. The van der Waals surface area contributed by atoms with Gasteiger partial charge in [-0.25, -0.2) is 19.3 Å². The molecule has 56 heavy (non-hydrogen) atoms. The van der Waals surface area contributed by atoms with Gasteiger partial charge in [-0.3, -0.25) is 0 Å². The molecule has 0 aliphatic carbocycles. The second-order valence-corrected chi connectivity index (χ2v) is 15.2. The highest BCUT2D eigenvalue weighted by molar-refractivity contribution is 5.69. The first-order chi connectivity index (χ1) is 26.9. The number of imidazole rings is 1. The number of unbranched alkanes of at least 4 members (excludes halogenated alkanes) is 1. The number of pyridine rings is 1. The van der Waals surface area contributed by atoms with Crippen LogP contribution in [0, 0.1) is 6.92 Å². The molecule has 0 spiro atoms. The van der Waals surface area contributed by atoms with E-state index in [1.807, 2.05) is 82.3 Å². The number of aromatic nitrogens is 5. The van der Waals surface area contributed by atoms with Gasteiger partial charge in [0.1, 0.15) is 29.0 Å². The molecule has 1 aliphatic heterocycles. The van der Waals surface area contributed by atoms with Crippen molar-refractivity contribution in [2.75, 3.05) is 50.3 Å². The molecule has 14 heteroatoms. The van der Waals surface area contributed by atoms with Crippen LogP contribution in [0.2, 0.25) is 0 Å². The van der Waals surface area contributed by atoms with Crippen molar-refractivity contribution in [1.82, 2.24) is 29.5 Å². The maximum absolute atomic E-state index is 12.8. The summed E-state index contributed by atoms with van der Waals surface area (Å²) in [5, 5.41) is 16.7. The smallest absolute Gasteiger partial charge is 0.410 e. The van der Waals surface area contributed by atoms with Gasteiger partial charge >= 0.3 is 12.1 Å². The second-order valence-electron chi connectivity index (χ2n) is 15.2. The Balaban J connectivity index is 1.32. The number of methoxy groups -OCH3 is 2. The molecule has 1 aliphatic rings. The van der Waals surface area contributed by atoms with Crippen molar-refractivity contribution in [3.8, 4) is 17.5 Å². The number of carbonyl (C=O) groups excluding carboxylic acids is 1. The van der Waals surface area contributed by atoms with Gasteiger partial charge in [0.15, 0.2) is 11.5 Å². The zero-order chi connectivity index (χ0) is 40.0. The molecule has 1 N–H and O–H groups in total. The maximum atomic E-state index is 12.8. The Kier molecular flexibility index (Phi) is 12.5. The van der Waals surface area contributed by atoms with Crippen LogP contribution in [0.1, 0.15) is 81.5 Å². The van der Waals surface area contributed by atoms with E-state index in [1.54, 1.807) is 36.0 Å². The summed E-state index contributed by atoms with van der Waals surface area (Å²) in [6, 6.07) is 18.0. The Bertz CT molecular complexity index is 2030. The van der Waals surface area contributed by atoms with Gasteiger partial charge in [-0.15, -0.1) is 5.10 Å². The molecule has 6 rings (SSSR count). The molecule has 2 atom stereocenters. The molecule has 1 amide bonds. The van der Waals surface area contributed by atoms with Crippen LogP contribution < -0.4 is 24.0 Å². The van der Waals surface area contributed by atoms with Gasteiger partial charge in [0.25, 0.3) is 0 Å². The van der Waals surface area contributed by atoms with Gasteiger partial charge in [-0.05, 0) is 88.1 Å². The Hall–Kier alpha value is -5.63. The van der Waals surface area contributed by atoms with E-state index in [0.29, 0.717) is 62.1 Å².